The Hall–Kier alpha value is -1.46. The van der Waals surface area contributed by atoms with E-state index < -0.39 is 12.2 Å². The van der Waals surface area contributed by atoms with Crippen LogP contribution in [0.2, 0.25) is 0 Å². The molecule has 0 aromatic rings. The summed E-state index contributed by atoms with van der Waals surface area (Å²) in [4.78, 5) is 19.5. The fourth-order valence-electron chi connectivity index (χ4n) is 1.24. The molecule has 0 saturated carbocycles. The van der Waals surface area contributed by atoms with Gasteiger partial charge in [-0.2, -0.15) is 0 Å². The van der Waals surface area contributed by atoms with Crippen LogP contribution in [0.1, 0.15) is 53.4 Å². The lowest BCUT2D eigenvalue weighted by Gasteiger charge is -2.16. The van der Waals surface area contributed by atoms with Crippen LogP contribution in [0.25, 0.3) is 0 Å². The van der Waals surface area contributed by atoms with Crippen molar-refractivity contribution in [2.75, 3.05) is 13.1 Å². The molecule has 0 unspecified atom stereocenters. The minimum atomic E-state index is -1.16. The highest BCUT2D eigenvalue weighted by Gasteiger charge is 2.07. The van der Waals surface area contributed by atoms with Crippen molar-refractivity contribution in [3.05, 3.63) is 0 Å². The van der Waals surface area contributed by atoms with Crippen molar-refractivity contribution in [3.63, 3.8) is 0 Å². The molecular weight excluding hydrogens is 248 g/mol. The van der Waals surface area contributed by atoms with Gasteiger partial charge in [0.1, 0.15) is 0 Å². The van der Waals surface area contributed by atoms with E-state index in [0.717, 1.165) is 0 Å². The molecule has 0 aliphatic carbocycles. The van der Waals surface area contributed by atoms with Gasteiger partial charge in [0.15, 0.2) is 0 Å². The van der Waals surface area contributed by atoms with Crippen molar-refractivity contribution < 1.29 is 19.8 Å². The first-order valence-electron chi connectivity index (χ1n) is 6.62. The second-order valence-corrected chi connectivity index (χ2v) is 5.48. The van der Waals surface area contributed by atoms with Gasteiger partial charge >= 0.3 is 12.2 Å². The van der Waals surface area contributed by atoms with E-state index in [1.165, 1.54) is 25.7 Å². The van der Waals surface area contributed by atoms with Crippen molar-refractivity contribution in [3.8, 4) is 0 Å². The standard InChI is InChI=1S/C9H20.C4H8N2O4/c1-5-6-7-8-9(2,3)4;7-3(8)5-1-2-6-4(9)10/h5-8H2,1-4H3;5-6H,1-2H2,(H,7,8)(H,9,10). The fraction of sp³-hybridized carbons (Fsp3) is 0.846. The Morgan fingerprint density at radius 1 is 0.947 bits per heavy atom. The van der Waals surface area contributed by atoms with Crippen molar-refractivity contribution in [2.45, 2.75) is 53.4 Å². The van der Waals surface area contributed by atoms with Crippen molar-refractivity contribution in [1.82, 2.24) is 10.6 Å². The van der Waals surface area contributed by atoms with Crippen LogP contribution >= 0.6 is 0 Å². The Kier molecular flexibility index (Phi) is 12.2. The fourth-order valence-corrected chi connectivity index (χ4v) is 1.24. The minimum absolute atomic E-state index is 0.0850. The van der Waals surface area contributed by atoms with E-state index in [1.54, 1.807) is 0 Å². The molecule has 0 rings (SSSR count). The molecule has 19 heavy (non-hydrogen) atoms. The van der Waals surface area contributed by atoms with E-state index in [0.29, 0.717) is 5.41 Å². The van der Waals surface area contributed by atoms with Crippen LogP contribution in [0.5, 0.6) is 0 Å². The summed E-state index contributed by atoms with van der Waals surface area (Å²) in [6.45, 7) is 9.35. The molecule has 2 amide bonds. The Morgan fingerprint density at radius 2 is 1.37 bits per heavy atom. The largest absolute Gasteiger partial charge is 0.465 e. The van der Waals surface area contributed by atoms with E-state index in [2.05, 4.69) is 27.7 Å². The normalized spacial score (nSPS) is 10.1. The van der Waals surface area contributed by atoms with Crippen molar-refractivity contribution >= 4 is 12.2 Å². The Labute approximate surface area is 115 Å². The van der Waals surface area contributed by atoms with E-state index in [-0.39, 0.29) is 13.1 Å². The lowest BCUT2D eigenvalue weighted by molar-refractivity contribution is 0.189. The van der Waals surface area contributed by atoms with Gasteiger partial charge in [-0.25, -0.2) is 9.59 Å². The number of rotatable bonds is 6. The highest BCUT2D eigenvalue weighted by molar-refractivity contribution is 5.65. The molecule has 0 aromatic heterocycles. The van der Waals surface area contributed by atoms with E-state index in [4.69, 9.17) is 10.2 Å². The molecule has 0 atom stereocenters. The zero-order valence-electron chi connectivity index (χ0n) is 12.5. The van der Waals surface area contributed by atoms with Gasteiger partial charge in [0, 0.05) is 13.1 Å². The van der Waals surface area contributed by atoms with Gasteiger partial charge in [-0.3, -0.25) is 0 Å². The van der Waals surface area contributed by atoms with E-state index in [9.17, 15) is 9.59 Å². The third-order valence-corrected chi connectivity index (χ3v) is 2.21. The first-order chi connectivity index (χ1) is 8.69. The summed E-state index contributed by atoms with van der Waals surface area (Å²) in [6.07, 6.45) is 3.20. The van der Waals surface area contributed by atoms with E-state index in [1.807, 2.05) is 10.6 Å². The van der Waals surface area contributed by atoms with Gasteiger partial charge in [-0.05, 0) is 11.8 Å². The number of hydrogen-bond donors (Lipinski definition) is 4. The van der Waals surface area contributed by atoms with Gasteiger partial charge < -0.3 is 20.8 Å². The zero-order valence-corrected chi connectivity index (χ0v) is 12.5. The summed E-state index contributed by atoms with van der Waals surface area (Å²) in [7, 11) is 0. The second-order valence-electron chi connectivity index (χ2n) is 5.48. The molecular formula is C13H28N2O4. The molecule has 0 aliphatic heterocycles. The average Bonchev–Trinajstić information content (AvgIpc) is 2.23. The van der Waals surface area contributed by atoms with Gasteiger partial charge in [0.2, 0.25) is 0 Å². The highest BCUT2D eigenvalue weighted by atomic mass is 16.4. The van der Waals surface area contributed by atoms with Crippen molar-refractivity contribution in [1.29, 1.82) is 0 Å². The average molecular weight is 276 g/mol. The molecule has 0 aliphatic rings. The summed E-state index contributed by atoms with van der Waals surface area (Å²) in [5.41, 5.74) is 0.551. The van der Waals surface area contributed by atoms with E-state index >= 15 is 0 Å². The molecule has 114 valence electrons. The smallest absolute Gasteiger partial charge is 0.404 e. The van der Waals surface area contributed by atoms with Crippen LogP contribution < -0.4 is 10.6 Å². The maximum atomic E-state index is 9.76. The number of carboxylic acid groups (broad SMARTS) is 2. The predicted molar refractivity (Wildman–Crippen MR) is 75.7 cm³/mol. The van der Waals surface area contributed by atoms with Crippen LogP contribution in [-0.2, 0) is 0 Å². The van der Waals surface area contributed by atoms with Crippen LogP contribution in [0, 0.1) is 5.41 Å². The molecule has 0 bridgehead atoms. The molecule has 0 saturated heterocycles. The molecule has 0 spiro atoms. The maximum absolute atomic E-state index is 9.76. The molecule has 0 radical (unpaired) electrons. The van der Waals surface area contributed by atoms with Gasteiger partial charge in [0.05, 0.1) is 0 Å². The number of nitrogens with one attached hydrogen (secondary N) is 2. The molecule has 4 N–H and O–H groups in total. The van der Waals surface area contributed by atoms with Crippen LogP contribution in [0.4, 0.5) is 9.59 Å². The number of unbranched alkanes of at least 4 members (excludes halogenated alkanes) is 2. The number of hydrogen-bond acceptors (Lipinski definition) is 2. The predicted octanol–water partition coefficient (Wildman–Crippen LogP) is 3.13. The summed E-state index contributed by atoms with van der Waals surface area (Å²) in [6, 6.07) is 0. The SMILES string of the molecule is CCCCCC(C)(C)C.O=C(O)NCCNC(=O)O. The number of amides is 2. The molecule has 6 heteroatoms. The first-order valence-corrected chi connectivity index (χ1v) is 6.62. The third kappa shape index (κ3) is 26.3. The summed E-state index contributed by atoms with van der Waals surface area (Å²) in [5.74, 6) is 0. The maximum Gasteiger partial charge on any atom is 0.404 e. The molecule has 0 aromatic carbocycles. The second kappa shape index (κ2) is 11.6. The number of carbonyl (C=O) groups is 2. The lowest BCUT2D eigenvalue weighted by Crippen LogP contribution is -2.32. The molecule has 0 fully saturated rings. The summed E-state index contributed by atoms with van der Waals surface area (Å²) in [5, 5.41) is 20.0. The van der Waals surface area contributed by atoms with Crippen LogP contribution in [0.3, 0.4) is 0 Å². The zero-order chi connectivity index (χ0) is 15.3. The van der Waals surface area contributed by atoms with Gasteiger partial charge in [-0.1, -0.05) is 47.0 Å². The molecule has 6 nitrogen and oxygen atoms in total. The lowest BCUT2D eigenvalue weighted by atomic mass is 9.90. The van der Waals surface area contributed by atoms with Crippen molar-refractivity contribution in [2.24, 2.45) is 5.41 Å². The Morgan fingerprint density at radius 3 is 1.63 bits per heavy atom. The quantitative estimate of drug-likeness (QED) is 0.560. The third-order valence-electron chi connectivity index (χ3n) is 2.21. The topological polar surface area (TPSA) is 98.7 Å². The first kappa shape index (κ1) is 19.9. The summed E-state index contributed by atoms with van der Waals surface area (Å²) < 4.78 is 0. The molecule has 0 heterocycles. The Balaban J connectivity index is 0. The van der Waals surface area contributed by atoms with Gasteiger partial charge in [0.25, 0.3) is 0 Å². The van der Waals surface area contributed by atoms with Crippen LogP contribution in [-0.4, -0.2) is 35.5 Å². The van der Waals surface area contributed by atoms with Gasteiger partial charge in [-0.15, -0.1) is 0 Å². The monoisotopic (exact) mass is 276 g/mol. The Bertz CT molecular complexity index is 234. The van der Waals surface area contributed by atoms with Crippen LogP contribution in [0.15, 0.2) is 0 Å². The minimum Gasteiger partial charge on any atom is -0.465 e. The summed E-state index contributed by atoms with van der Waals surface area (Å²) >= 11 is 0. The highest BCUT2D eigenvalue weighted by Crippen LogP contribution is 2.21.